The Bertz CT molecular complexity index is 537. The molecule has 0 aromatic heterocycles. The van der Waals surface area contributed by atoms with Gasteiger partial charge in [0.2, 0.25) is 10.0 Å². The SMILES string of the molecule is CCN1CCC(Nc2cccc(S(=O)(=O)NC)c2)CC1. The number of piperidine rings is 1. The Balaban J connectivity index is 2.02. The van der Waals surface area contributed by atoms with Gasteiger partial charge in [0.15, 0.2) is 0 Å². The highest BCUT2D eigenvalue weighted by molar-refractivity contribution is 7.89. The molecule has 0 atom stereocenters. The molecule has 1 fully saturated rings. The van der Waals surface area contributed by atoms with Gasteiger partial charge in [-0.2, -0.15) is 0 Å². The van der Waals surface area contributed by atoms with E-state index in [1.807, 2.05) is 6.07 Å². The third kappa shape index (κ3) is 3.71. The fraction of sp³-hybridized carbons (Fsp3) is 0.571. The molecule has 1 aliphatic rings. The minimum atomic E-state index is -3.37. The number of nitrogens with one attached hydrogen (secondary N) is 2. The van der Waals surface area contributed by atoms with Crippen LogP contribution in [0.1, 0.15) is 19.8 Å². The fourth-order valence-electron chi connectivity index (χ4n) is 2.50. The number of anilines is 1. The summed E-state index contributed by atoms with van der Waals surface area (Å²) < 4.78 is 25.9. The van der Waals surface area contributed by atoms with Gasteiger partial charge in [-0.15, -0.1) is 0 Å². The highest BCUT2D eigenvalue weighted by Crippen LogP contribution is 2.19. The smallest absolute Gasteiger partial charge is 0.240 e. The Morgan fingerprint density at radius 3 is 2.60 bits per heavy atom. The fourth-order valence-corrected chi connectivity index (χ4v) is 3.28. The predicted octanol–water partition coefficient (Wildman–Crippen LogP) is 1.49. The Labute approximate surface area is 121 Å². The molecule has 5 nitrogen and oxygen atoms in total. The molecule has 0 unspecified atom stereocenters. The number of rotatable bonds is 5. The van der Waals surface area contributed by atoms with Crippen LogP contribution in [0.15, 0.2) is 29.2 Å². The molecule has 0 saturated carbocycles. The van der Waals surface area contributed by atoms with E-state index in [2.05, 4.69) is 21.9 Å². The second-order valence-electron chi connectivity index (χ2n) is 5.09. The Hall–Kier alpha value is -1.11. The Kier molecular flexibility index (Phi) is 5.01. The molecule has 0 spiro atoms. The molecular weight excluding hydrogens is 274 g/mol. The lowest BCUT2D eigenvalue weighted by atomic mass is 10.0. The van der Waals surface area contributed by atoms with Gasteiger partial charge >= 0.3 is 0 Å². The second-order valence-corrected chi connectivity index (χ2v) is 6.97. The van der Waals surface area contributed by atoms with E-state index in [4.69, 9.17) is 0 Å². The van der Waals surface area contributed by atoms with Crippen LogP contribution in [-0.2, 0) is 10.0 Å². The van der Waals surface area contributed by atoms with Crippen LogP contribution in [0.3, 0.4) is 0 Å². The molecule has 2 rings (SSSR count). The highest BCUT2D eigenvalue weighted by atomic mass is 32.2. The zero-order chi connectivity index (χ0) is 14.6. The molecule has 112 valence electrons. The van der Waals surface area contributed by atoms with Gasteiger partial charge in [-0.3, -0.25) is 0 Å². The van der Waals surface area contributed by atoms with Crippen molar-refractivity contribution in [3.8, 4) is 0 Å². The summed E-state index contributed by atoms with van der Waals surface area (Å²) in [5, 5.41) is 3.44. The molecule has 1 aromatic carbocycles. The van der Waals surface area contributed by atoms with E-state index in [9.17, 15) is 8.42 Å². The largest absolute Gasteiger partial charge is 0.382 e. The maximum atomic E-state index is 11.8. The van der Waals surface area contributed by atoms with Crippen molar-refractivity contribution in [1.82, 2.24) is 9.62 Å². The highest BCUT2D eigenvalue weighted by Gasteiger charge is 2.18. The van der Waals surface area contributed by atoms with E-state index in [-0.39, 0.29) is 0 Å². The second kappa shape index (κ2) is 6.56. The molecule has 2 N–H and O–H groups in total. The predicted molar refractivity (Wildman–Crippen MR) is 81.4 cm³/mol. The van der Waals surface area contributed by atoms with Crippen molar-refractivity contribution in [3.05, 3.63) is 24.3 Å². The molecule has 20 heavy (non-hydrogen) atoms. The normalized spacial score (nSPS) is 18.1. The minimum Gasteiger partial charge on any atom is -0.382 e. The first-order chi connectivity index (χ1) is 9.55. The lowest BCUT2D eigenvalue weighted by molar-refractivity contribution is 0.229. The van der Waals surface area contributed by atoms with Crippen molar-refractivity contribution in [1.29, 1.82) is 0 Å². The summed E-state index contributed by atoms with van der Waals surface area (Å²) in [6, 6.07) is 7.41. The number of hydrogen-bond donors (Lipinski definition) is 2. The van der Waals surface area contributed by atoms with E-state index in [1.165, 1.54) is 7.05 Å². The number of hydrogen-bond acceptors (Lipinski definition) is 4. The van der Waals surface area contributed by atoms with E-state index < -0.39 is 10.0 Å². The first-order valence-electron chi connectivity index (χ1n) is 7.07. The molecule has 0 amide bonds. The van der Waals surface area contributed by atoms with Crippen LogP contribution < -0.4 is 10.0 Å². The number of benzene rings is 1. The van der Waals surface area contributed by atoms with Gasteiger partial charge in [0.25, 0.3) is 0 Å². The van der Waals surface area contributed by atoms with E-state index >= 15 is 0 Å². The first kappa shape index (κ1) is 15.3. The lowest BCUT2D eigenvalue weighted by Crippen LogP contribution is -2.38. The van der Waals surface area contributed by atoms with Crippen LogP contribution in [0.2, 0.25) is 0 Å². The zero-order valence-electron chi connectivity index (χ0n) is 12.1. The maximum Gasteiger partial charge on any atom is 0.240 e. The molecule has 1 aliphatic heterocycles. The molecule has 6 heteroatoms. The van der Waals surface area contributed by atoms with Crippen LogP contribution in [-0.4, -0.2) is 46.0 Å². The van der Waals surface area contributed by atoms with Gasteiger partial charge in [-0.25, -0.2) is 13.1 Å². The van der Waals surface area contributed by atoms with E-state index in [0.29, 0.717) is 10.9 Å². The third-order valence-corrected chi connectivity index (χ3v) is 5.23. The summed E-state index contributed by atoms with van der Waals surface area (Å²) in [5.74, 6) is 0. The summed E-state index contributed by atoms with van der Waals surface area (Å²) >= 11 is 0. The van der Waals surface area contributed by atoms with Gasteiger partial charge in [-0.05, 0) is 44.6 Å². The molecular formula is C14H23N3O2S. The van der Waals surface area contributed by atoms with Crippen molar-refractivity contribution in [2.75, 3.05) is 32.0 Å². The quantitative estimate of drug-likeness (QED) is 0.864. The average molecular weight is 297 g/mol. The standard InChI is InChI=1S/C14H23N3O2S/c1-3-17-9-7-12(8-10-17)16-13-5-4-6-14(11-13)20(18,19)15-2/h4-6,11-12,15-16H,3,7-10H2,1-2H3. The van der Waals surface area contributed by atoms with Gasteiger partial charge in [-0.1, -0.05) is 13.0 Å². The molecule has 0 bridgehead atoms. The van der Waals surface area contributed by atoms with Crippen LogP contribution in [0.25, 0.3) is 0 Å². The van der Waals surface area contributed by atoms with Crippen LogP contribution in [0.4, 0.5) is 5.69 Å². The van der Waals surface area contributed by atoms with Gasteiger partial charge in [0.1, 0.15) is 0 Å². The maximum absolute atomic E-state index is 11.8. The summed E-state index contributed by atoms with van der Waals surface area (Å²) in [6.45, 7) is 5.48. The summed E-state index contributed by atoms with van der Waals surface area (Å²) in [5.41, 5.74) is 0.872. The Morgan fingerprint density at radius 2 is 2.00 bits per heavy atom. The molecule has 0 radical (unpaired) electrons. The summed E-state index contributed by atoms with van der Waals surface area (Å²) in [7, 11) is -1.95. The number of nitrogens with zero attached hydrogens (tertiary/aromatic N) is 1. The summed E-state index contributed by atoms with van der Waals surface area (Å²) in [6.07, 6.45) is 2.19. The van der Waals surface area contributed by atoms with E-state index in [1.54, 1.807) is 18.2 Å². The van der Waals surface area contributed by atoms with Gasteiger partial charge in [0.05, 0.1) is 4.90 Å². The monoisotopic (exact) mass is 297 g/mol. The molecule has 1 aromatic rings. The van der Waals surface area contributed by atoms with Crippen molar-refractivity contribution in [3.63, 3.8) is 0 Å². The summed E-state index contributed by atoms with van der Waals surface area (Å²) in [4.78, 5) is 2.73. The van der Waals surface area contributed by atoms with Crippen molar-refractivity contribution < 1.29 is 8.42 Å². The number of likely N-dealkylation sites (tertiary alicyclic amines) is 1. The lowest BCUT2D eigenvalue weighted by Gasteiger charge is -2.32. The minimum absolute atomic E-state index is 0.302. The van der Waals surface area contributed by atoms with Crippen molar-refractivity contribution in [2.24, 2.45) is 0 Å². The van der Waals surface area contributed by atoms with Crippen LogP contribution >= 0.6 is 0 Å². The van der Waals surface area contributed by atoms with E-state index in [0.717, 1.165) is 38.2 Å². The zero-order valence-corrected chi connectivity index (χ0v) is 12.9. The first-order valence-corrected chi connectivity index (χ1v) is 8.56. The van der Waals surface area contributed by atoms with Gasteiger partial charge < -0.3 is 10.2 Å². The van der Waals surface area contributed by atoms with Crippen LogP contribution in [0, 0.1) is 0 Å². The molecule has 1 heterocycles. The van der Waals surface area contributed by atoms with Crippen molar-refractivity contribution >= 4 is 15.7 Å². The topological polar surface area (TPSA) is 61.4 Å². The number of sulfonamides is 1. The average Bonchev–Trinajstić information content (AvgIpc) is 2.48. The Morgan fingerprint density at radius 1 is 1.30 bits per heavy atom. The van der Waals surface area contributed by atoms with Crippen LogP contribution in [0.5, 0.6) is 0 Å². The van der Waals surface area contributed by atoms with Crippen molar-refractivity contribution in [2.45, 2.75) is 30.7 Å². The third-order valence-electron chi connectivity index (χ3n) is 3.82. The van der Waals surface area contributed by atoms with Gasteiger partial charge in [0, 0.05) is 24.8 Å². The molecule has 1 saturated heterocycles. The molecule has 0 aliphatic carbocycles.